The summed E-state index contributed by atoms with van der Waals surface area (Å²) in [6, 6.07) is 3.80. The highest BCUT2D eigenvalue weighted by Gasteiger charge is 2.36. The van der Waals surface area contributed by atoms with Gasteiger partial charge in [0.15, 0.2) is 0 Å². The van der Waals surface area contributed by atoms with Crippen molar-refractivity contribution in [3.63, 3.8) is 0 Å². The first-order valence-electron chi connectivity index (χ1n) is 9.15. The van der Waals surface area contributed by atoms with Gasteiger partial charge < -0.3 is 10.2 Å². The molecule has 3 rings (SSSR count). The van der Waals surface area contributed by atoms with Crippen LogP contribution in [0, 0.1) is 0 Å². The largest absolute Gasteiger partial charge is 0.416 e. The van der Waals surface area contributed by atoms with E-state index < -0.39 is 17.8 Å². The Balaban J connectivity index is 1.66. The van der Waals surface area contributed by atoms with Crippen molar-refractivity contribution in [3.05, 3.63) is 35.4 Å². The second kappa shape index (κ2) is 7.68. The van der Waals surface area contributed by atoms with Crippen molar-refractivity contribution in [2.75, 3.05) is 6.54 Å². The van der Waals surface area contributed by atoms with Crippen LogP contribution in [-0.2, 0) is 11.0 Å². The Labute approximate surface area is 150 Å². The summed E-state index contributed by atoms with van der Waals surface area (Å²) in [6.45, 7) is 0.447. The van der Waals surface area contributed by atoms with Gasteiger partial charge in [0.25, 0.3) is 5.91 Å². The van der Waals surface area contributed by atoms with Gasteiger partial charge >= 0.3 is 6.18 Å². The van der Waals surface area contributed by atoms with Crippen LogP contribution in [0.3, 0.4) is 0 Å². The van der Waals surface area contributed by atoms with Gasteiger partial charge in [-0.05, 0) is 49.9 Å². The van der Waals surface area contributed by atoms with Crippen LogP contribution in [-0.4, -0.2) is 35.3 Å². The van der Waals surface area contributed by atoms with Crippen molar-refractivity contribution < 1.29 is 22.8 Å². The zero-order valence-electron chi connectivity index (χ0n) is 14.5. The second-order valence-corrected chi connectivity index (χ2v) is 7.08. The Morgan fingerprint density at radius 1 is 0.962 bits per heavy atom. The molecule has 1 heterocycles. The number of nitrogens with zero attached hydrogens (tertiary/aromatic N) is 1. The molecule has 1 aromatic rings. The Morgan fingerprint density at radius 2 is 1.62 bits per heavy atom. The maximum Gasteiger partial charge on any atom is 0.416 e. The van der Waals surface area contributed by atoms with Crippen molar-refractivity contribution in [2.45, 2.75) is 63.2 Å². The van der Waals surface area contributed by atoms with Crippen molar-refractivity contribution in [2.24, 2.45) is 0 Å². The molecule has 2 amide bonds. The first-order valence-corrected chi connectivity index (χ1v) is 9.15. The van der Waals surface area contributed by atoms with Crippen molar-refractivity contribution in [1.29, 1.82) is 0 Å². The van der Waals surface area contributed by atoms with Gasteiger partial charge in [-0.3, -0.25) is 9.59 Å². The van der Waals surface area contributed by atoms with E-state index in [4.69, 9.17) is 0 Å². The van der Waals surface area contributed by atoms with Crippen LogP contribution in [0.4, 0.5) is 13.2 Å². The number of amides is 2. The van der Waals surface area contributed by atoms with E-state index in [2.05, 4.69) is 5.32 Å². The molecule has 26 heavy (non-hydrogen) atoms. The van der Waals surface area contributed by atoms with Crippen molar-refractivity contribution >= 4 is 11.8 Å². The summed E-state index contributed by atoms with van der Waals surface area (Å²) in [5.41, 5.74) is -0.613. The lowest BCUT2D eigenvalue weighted by atomic mass is 9.95. The fourth-order valence-electron chi connectivity index (χ4n) is 3.79. The molecule has 0 unspecified atom stereocenters. The fraction of sp³-hybridized carbons (Fsp3) is 0.579. The zero-order valence-corrected chi connectivity index (χ0v) is 14.5. The number of hydrogen-bond acceptors (Lipinski definition) is 2. The Hall–Kier alpha value is -2.05. The molecule has 7 heteroatoms. The quantitative estimate of drug-likeness (QED) is 0.883. The third-order valence-corrected chi connectivity index (χ3v) is 5.23. The number of hydrogen-bond donors (Lipinski definition) is 1. The Bertz CT molecular complexity index is 652. The lowest BCUT2D eigenvalue weighted by Crippen LogP contribution is -2.49. The lowest BCUT2D eigenvalue weighted by Gasteiger charge is -2.28. The average molecular weight is 368 g/mol. The third kappa shape index (κ3) is 4.19. The summed E-state index contributed by atoms with van der Waals surface area (Å²) < 4.78 is 38.0. The van der Waals surface area contributed by atoms with Gasteiger partial charge in [-0.2, -0.15) is 13.2 Å². The van der Waals surface area contributed by atoms with Gasteiger partial charge in [-0.25, -0.2) is 0 Å². The smallest absolute Gasteiger partial charge is 0.352 e. The topological polar surface area (TPSA) is 49.4 Å². The van der Waals surface area contributed by atoms with Gasteiger partial charge in [0.2, 0.25) is 5.91 Å². The summed E-state index contributed by atoms with van der Waals surface area (Å²) >= 11 is 0. The van der Waals surface area contributed by atoms with Gasteiger partial charge in [0, 0.05) is 18.2 Å². The van der Waals surface area contributed by atoms with E-state index in [1.165, 1.54) is 23.5 Å². The van der Waals surface area contributed by atoms with Crippen LogP contribution >= 0.6 is 0 Å². The molecule has 0 bridgehead atoms. The summed E-state index contributed by atoms with van der Waals surface area (Å²) in [6.07, 6.45) is 2.19. The monoisotopic (exact) mass is 368 g/mol. The number of likely N-dealkylation sites (tertiary alicyclic amines) is 1. The van der Waals surface area contributed by atoms with Gasteiger partial charge in [-0.1, -0.05) is 19.3 Å². The standard InChI is InChI=1S/C19H23F3N2O2/c20-19(21,22)14-10-8-13(9-11-14)18(26)24-12-4-7-16(24)17(25)23-15-5-2-1-3-6-15/h8-11,15-16H,1-7,12H2,(H,23,25)/t16-/m1/s1. The lowest BCUT2D eigenvalue weighted by molar-refractivity contribution is -0.137. The maximum absolute atomic E-state index is 12.7. The van der Waals surface area contributed by atoms with E-state index in [-0.39, 0.29) is 23.4 Å². The number of halogens is 3. The number of nitrogens with one attached hydrogen (secondary N) is 1. The molecule has 2 aliphatic rings. The maximum atomic E-state index is 12.7. The molecule has 0 radical (unpaired) electrons. The average Bonchev–Trinajstić information content (AvgIpc) is 3.11. The van der Waals surface area contributed by atoms with E-state index >= 15 is 0 Å². The summed E-state index contributed by atoms with van der Waals surface area (Å²) in [5.74, 6) is -0.533. The van der Waals surface area contributed by atoms with Crippen LogP contribution in [0.15, 0.2) is 24.3 Å². The first kappa shape index (κ1) is 18.7. The predicted molar refractivity (Wildman–Crippen MR) is 90.5 cm³/mol. The fourth-order valence-corrected chi connectivity index (χ4v) is 3.79. The normalized spacial score (nSPS) is 21.7. The SMILES string of the molecule is O=C(NC1CCCCC1)[C@H]1CCCN1C(=O)c1ccc(C(F)(F)F)cc1. The van der Waals surface area contributed by atoms with E-state index in [9.17, 15) is 22.8 Å². The Kier molecular flexibility index (Phi) is 5.53. The summed E-state index contributed by atoms with van der Waals surface area (Å²) in [7, 11) is 0. The molecule has 0 spiro atoms. The molecule has 1 aromatic carbocycles. The summed E-state index contributed by atoms with van der Waals surface area (Å²) in [4.78, 5) is 26.8. The third-order valence-electron chi connectivity index (χ3n) is 5.23. The molecule has 2 fully saturated rings. The minimum atomic E-state index is -4.43. The molecule has 1 saturated heterocycles. The summed E-state index contributed by atoms with van der Waals surface area (Å²) in [5, 5.41) is 3.04. The van der Waals surface area contributed by atoms with E-state index in [0.29, 0.717) is 13.0 Å². The minimum absolute atomic E-state index is 0.144. The molecule has 1 aliphatic heterocycles. The second-order valence-electron chi connectivity index (χ2n) is 7.08. The molecule has 4 nitrogen and oxygen atoms in total. The van der Waals surface area contributed by atoms with Gasteiger partial charge in [-0.15, -0.1) is 0 Å². The van der Waals surface area contributed by atoms with Crippen molar-refractivity contribution in [3.8, 4) is 0 Å². The highest BCUT2D eigenvalue weighted by molar-refractivity contribution is 5.98. The van der Waals surface area contributed by atoms with Crippen LogP contribution in [0.1, 0.15) is 60.9 Å². The zero-order chi connectivity index (χ0) is 18.7. The molecule has 1 N–H and O–H groups in total. The van der Waals surface area contributed by atoms with E-state index in [0.717, 1.165) is 44.2 Å². The molecule has 0 aromatic heterocycles. The molecule has 1 atom stereocenters. The number of alkyl halides is 3. The minimum Gasteiger partial charge on any atom is -0.352 e. The van der Waals surface area contributed by atoms with Crippen LogP contribution in [0.2, 0.25) is 0 Å². The number of rotatable bonds is 3. The molecule has 1 saturated carbocycles. The molecule has 1 aliphatic carbocycles. The first-order chi connectivity index (χ1) is 12.4. The predicted octanol–water partition coefficient (Wildman–Crippen LogP) is 3.76. The number of carbonyl (C=O) groups is 2. The van der Waals surface area contributed by atoms with Crippen LogP contribution in [0.5, 0.6) is 0 Å². The Morgan fingerprint density at radius 3 is 2.23 bits per heavy atom. The van der Waals surface area contributed by atoms with Crippen LogP contribution in [0.25, 0.3) is 0 Å². The highest BCUT2D eigenvalue weighted by Crippen LogP contribution is 2.30. The van der Waals surface area contributed by atoms with Gasteiger partial charge in [0.05, 0.1) is 5.56 Å². The highest BCUT2D eigenvalue weighted by atomic mass is 19.4. The van der Waals surface area contributed by atoms with E-state index in [1.807, 2.05) is 0 Å². The van der Waals surface area contributed by atoms with Crippen molar-refractivity contribution in [1.82, 2.24) is 10.2 Å². The van der Waals surface area contributed by atoms with Gasteiger partial charge in [0.1, 0.15) is 6.04 Å². The van der Waals surface area contributed by atoms with E-state index in [1.54, 1.807) is 0 Å². The molecular formula is C19H23F3N2O2. The molecule has 142 valence electrons. The number of benzene rings is 1. The molecular weight excluding hydrogens is 345 g/mol. The number of carbonyl (C=O) groups excluding carboxylic acids is 2. The van der Waals surface area contributed by atoms with Crippen LogP contribution < -0.4 is 5.32 Å².